The molecule has 29 heavy (non-hydrogen) atoms. The van der Waals surface area contributed by atoms with Gasteiger partial charge >= 0.3 is 5.97 Å². The monoisotopic (exact) mass is 420 g/mol. The van der Waals surface area contributed by atoms with Crippen LogP contribution in [0.3, 0.4) is 0 Å². The van der Waals surface area contributed by atoms with Crippen LogP contribution < -0.4 is 4.74 Å². The predicted molar refractivity (Wildman–Crippen MR) is 112 cm³/mol. The molecule has 6 atom stereocenters. The van der Waals surface area contributed by atoms with Crippen LogP contribution >= 0.6 is 11.3 Å². The molecule has 1 aromatic rings. The molecule has 2 aliphatic carbocycles. The molecule has 5 nitrogen and oxygen atoms in total. The number of carboxylic acid groups (broad SMARTS) is 1. The molecule has 160 valence electrons. The Morgan fingerprint density at radius 1 is 1.34 bits per heavy atom. The fraction of sp³-hybridized carbons (Fsp3) is 0.696. The first-order valence-electron chi connectivity index (χ1n) is 10.6. The summed E-state index contributed by atoms with van der Waals surface area (Å²) < 4.78 is 18.0. The van der Waals surface area contributed by atoms with E-state index in [2.05, 4.69) is 20.4 Å². The summed E-state index contributed by atoms with van der Waals surface area (Å²) in [5, 5.41) is 12.7. The maximum Gasteiger partial charge on any atom is 0.340 e. The molecule has 4 rings (SSSR count). The first kappa shape index (κ1) is 20.9. The Morgan fingerprint density at radius 2 is 2.14 bits per heavy atom. The lowest BCUT2D eigenvalue weighted by atomic mass is 9.46. The third kappa shape index (κ3) is 3.53. The summed E-state index contributed by atoms with van der Waals surface area (Å²) in [5.41, 5.74) is 1.73. The summed E-state index contributed by atoms with van der Waals surface area (Å²) in [4.78, 5) is 11.3. The van der Waals surface area contributed by atoms with Gasteiger partial charge in [-0.2, -0.15) is 0 Å². The van der Waals surface area contributed by atoms with Gasteiger partial charge in [-0.1, -0.05) is 26.0 Å². The number of carbonyl (C=O) groups is 1. The molecule has 3 fully saturated rings. The van der Waals surface area contributed by atoms with Gasteiger partial charge in [0.15, 0.2) is 6.29 Å². The highest BCUT2D eigenvalue weighted by atomic mass is 32.1. The van der Waals surface area contributed by atoms with Crippen molar-refractivity contribution in [1.82, 2.24) is 0 Å². The molecule has 0 spiro atoms. The zero-order chi connectivity index (χ0) is 20.8. The van der Waals surface area contributed by atoms with Crippen LogP contribution in [-0.2, 0) is 9.47 Å². The Bertz CT molecular complexity index is 788. The van der Waals surface area contributed by atoms with Crippen LogP contribution in [0.5, 0.6) is 5.75 Å². The summed E-state index contributed by atoms with van der Waals surface area (Å²) in [7, 11) is 0. The van der Waals surface area contributed by atoms with Crippen molar-refractivity contribution >= 4 is 17.3 Å². The van der Waals surface area contributed by atoms with Crippen molar-refractivity contribution in [2.24, 2.45) is 22.7 Å². The fourth-order valence-electron chi connectivity index (χ4n) is 6.33. The van der Waals surface area contributed by atoms with Gasteiger partial charge in [0.1, 0.15) is 11.3 Å². The van der Waals surface area contributed by atoms with E-state index in [4.69, 9.17) is 14.2 Å². The summed E-state index contributed by atoms with van der Waals surface area (Å²) in [6, 6.07) is 0. The lowest BCUT2D eigenvalue weighted by molar-refractivity contribution is -0.297. The lowest BCUT2D eigenvalue weighted by Crippen LogP contribution is -2.61. The molecule has 1 aromatic heterocycles. The average molecular weight is 421 g/mol. The summed E-state index contributed by atoms with van der Waals surface area (Å²) in [6.45, 7) is 12.4. The summed E-state index contributed by atoms with van der Waals surface area (Å²) in [5.74, 6) is 0.426. The molecule has 0 radical (unpaired) electrons. The van der Waals surface area contributed by atoms with E-state index in [0.29, 0.717) is 24.2 Å². The highest BCUT2D eigenvalue weighted by Gasteiger charge is 2.59. The van der Waals surface area contributed by atoms with E-state index in [1.165, 1.54) is 16.9 Å². The van der Waals surface area contributed by atoms with E-state index in [0.717, 1.165) is 38.7 Å². The van der Waals surface area contributed by atoms with Gasteiger partial charge in [0.05, 0.1) is 19.3 Å². The van der Waals surface area contributed by atoms with Gasteiger partial charge in [0.2, 0.25) is 0 Å². The highest BCUT2D eigenvalue weighted by Crippen LogP contribution is 2.63. The van der Waals surface area contributed by atoms with Gasteiger partial charge in [0.25, 0.3) is 0 Å². The molecule has 2 saturated carbocycles. The minimum Gasteiger partial charge on any atom is -0.492 e. The van der Waals surface area contributed by atoms with Gasteiger partial charge < -0.3 is 19.3 Å². The summed E-state index contributed by atoms with van der Waals surface area (Å²) in [6.07, 6.45) is 5.34. The zero-order valence-electron chi connectivity index (χ0n) is 17.6. The minimum atomic E-state index is -0.937. The van der Waals surface area contributed by atoms with Crippen molar-refractivity contribution in [3.05, 3.63) is 28.5 Å². The molecule has 0 aromatic carbocycles. The molecular weight excluding hydrogens is 388 g/mol. The van der Waals surface area contributed by atoms with Crippen molar-refractivity contribution in [2.75, 3.05) is 13.2 Å². The van der Waals surface area contributed by atoms with Gasteiger partial charge in [-0.05, 0) is 56.3 Å². The molecule has 0 bridgehead atoms. The van der Waals surface area contributed by atoms with E-state index in [1.807, 2.05) is 6.92 Å². The van der Waals surface area contributed by atoms with E-state index in [9.17, 15) is 9.90 Å². The van der Waals surface area contributed by atoms with Gasteiger partial charge in [0, 0.05) is 16.2 Å². The number of allylic oxidation sites excluding steroid dienone is 1. The van der Waals surface area contributed by atoms with Gasteiger partial charge in [-0.15, -0.1) is 11.3 Å². The first-order valence-corrected chi connectivity index (χ1v) is 11.6. The topological polar surface area (TPSA) is 65.0 Å². The molecule has 1 saturated heterocycles. The predicted octanol–water partition coefficient (Wildman–Crippen LogP) is 5.37. The first-order chi connectivity index (χ1) is 13.8. The van der Waals surface area contributed by atoms with Crippen LogP contribution in [0.2, 0.25) is 0 Å². The average Bonchev–Trinajstić information content (AvgIpc) is 3.13. The molecule has 1 aliphatic heterocycles. The lowest BCUT2D eigenvalue weighted by Gasteiger charge is -2.62. The normalized spacial score (nSPS) is 39.5. The minimum absolute atomic E-state index is 0.0309. The van der Waals surface area contributed by atoms with Crippen LogP contribution in [0.4, 0.5) is 0 Å². The maximum absolute atomic E-state index is 11.3. The Hall–Kier alpha value is -1.37. The second-order valence-corrected chi connectivity index (χ2v) is 10.2. The van der Waals surface area contributed by atoms with Crippen LogP contribution in [0.25, 0.3) is 0 Å². The van der Waals surface area contributed by atoms with Gasteiger partial charge in [-0.25, -0.2) is 4.79 Å². The van der Waals surface area contributed by atoms with Crippen molar-refractivity contribution in [3.8, 4) is 5.75 Å². The Kier molecular flexibility index (Phi) is 5.55. The second kappa shape index (κ2) is 7.71. The standard InChI is InChI=1S/C23H32O5S/c1-14-5-6-19-22(3,9-7-20-23(19,4)13-27-15(2)28-20)17(14)8-10-26-18-12-29-11-16(18)21(24)25/h11-12,15,17,19-20H,1,5-10,13H2,2-4H3,(H,24,25)/t15-,17-,19?,20-,22+,23+/m1/s1. The molecule has 1 N–H and O–H groups in total. The Balaban J connectivity index is 1.49. The third-order valence-electron chi connectivity index (χ3n) is 7.82. The van der Waals surface area contributed by atoms with Crippen molar-refractivity contribution in [2.45, 2.75) is 65.3 Å². The highest BCUT2D eigenvalue weighted by molar-refractivity contribution is 7.08. The SMILES string of the molecule is C=C1CCC2[C@]3(C)CO[C@@H](C)O[C@@H]3CC[C@@]2(C)[C@@H]1CCOc1cscc1C(=O)O. The Morgan fingerprint density at radius 3 is 2.90 bits per heavy atom. The largest absolute Gasteiger partial charge is 0.492 e. The van der Waals surface area contributed by atoms with Crippen LogP contribution in [0.1, 0.15) is 63.2 Å². The molecule has 0 amide bonds. The van der Waals surface area contributed by atoms with E-state index in [1.54, 1.807) is 10.8 Å². The smallest absolute Gasteiger partial charge is 0.340 e. The number of aromatic carboxylic acids is 1. The van der Waals surface area contributed by atoms with Crippen LogP contribution in [0.15, 0.2) is 22.9 Å². The van der Waals surface area contributed by atoms with Crippen LogP contribution in [0, 0.1) is 22.7 Å². The number of hydrogen-bond donors (Lipinski definition) is 1. The van der Waals surface area contributed by atoms with Crippen molar-refractivity contribution < 1.29 is 24.1 Å². The number of thiophene rings is 1. The molecule has 2 heterocycles. The number of carboxylic acids is 1. The molecule has 3 aliphatic rings. The number of fused-ring (bicyclic) bond motifs is 3. The number of hydrogen-bond acceptors (Lipinski definition) is 5. The zero-order valence-corrected chi connectivity index (χ0v) is 18.4. The van der Waals surface area contributed by atoms with Crippen molar-refractivity contribution in [3.63, 3.8) is 0 Å². The molecule has 6 heteroatoms. The number of rotatable bonds is 5. The van der Waals surface area contributed by atoms with E-state index in [-0.39, 0.29) is 28.8 Å². The van der Waals surface area contributed by atoms with Crippen LogP contribution in [-0.4, -0.2) is 36.7 Å². The third-order valence-corrected chi connectivity index (χ3v) is 8.54. The number of ether oxygens (including phenoxy) is 3. The molecular formula is C23H32O5S. The maximum atomic E-state index is 11.3. The van der Waals surface area contributed by atoms with Crippen molar-refractivity contribution in [1.29, 1.82) is 0 Å². The van der Waals surface area contributed by atoms with Gasteiger partial charge in [-0.3, -0.25) is 0 Å². The second-order valence-electron chi connectivity index (χ2n) is 9.45. The molecule has 1 unspecified atom stereocenters. The summed E-state index contributed by atoms with van der Waals surface area (Å²) >= 11 is 1.36. The van der Waals surface area contributed by atoms with E-state index >= 15 is 0 Å². The van der Waals surface area contributed by atoms with E-state index < -0.39 is 5.97 Å². The quantitative estimate of drug-likeness (QED) is 0.649. The Labute approximate surface area is 177 Å². The fourth-order valence-corrected chi connectivity index (χ4v) is 7.07.